The Bertz CT molecular complexity index is 1100. The first-order chi connectivity index (χ1) is 15.1. The molecule has 3 fully saturated rings. The van der Waals surface area contributed by atoms with E-state index in [9.17, 15) is 4.79 Å². The first kappa shape index (κ1) is 19.4. The molecule has 4 heterocycles. The molecule has 4 aliphatic rings. The summed E-state index contributed by atoms with van der Waals surface area (Å²) in [5, 5.41) is 0.725. The van der Waals surface area contributed by atoms with Gasteiger partial charge in [-0.25, -0.2) is 0 Å². The van der Waals surface area contributed by atoms with Crippen molar-refractivity contribution in [1.29, 1.82) is 0 Å². The molecule has 0 aromatic heterocycles. The van der Waals surface area contributed by atoms with Gasteiger partial charge in [0.25, 0.3) is 0 Å². The molecule has 4 nitrogen and oxygen atoms in total. The molecule has 2 aromatic carbocycles. The number of benzene rings is 2. The van der Waals surface area contributed by atoms with Crippen molar-refractivity contribution < 1.29 is 9.53 Å². The number of rotatable bonds is 3. The number of amides is 1. The van der Waals surface area contributed by atoms with Gasteiger partial charge in [-0.05, 0) is 73.7 Å². The van der Waals surface area contributed by atoms with E-state index < -0.39 is 0 Å². The van der Waals surface area contributed by atoms with Gasteiger partial charge in [-0.1, -0.05) is 35.9 Å². The number of ether oxygens (including phenoxy) is 1. The smallest absolute Gasteiger partial charge is 0.243 e. The fourth-order valence-electron chi connectivity index (χ4n) is 6.42. The summed E-state index contributed by atoms with van der Waals surface area (Å²) in [6.45, 7) is 5.30. The van der Waals surface area contributed by atoms with E-state index in [4.69, 9.17) is 16.3 Å². The average Bonchev–Trinajstić information content (AvgIpc) is 3.40. The standard InChI is InChI=1S/C26H27ClN2O2/c1-17-5-2-3-6-18(17)14-28-15-21-13-23(29-10-4-9-26(21,29)25(28)30)20-11-19-12-22(27)7-8-24(19)31-16-20/h2-3,5-8,11-12,21,23H,4,9-10,13-16H2,1H3/t21-,23-,26-/m0/s1. The number of fused-ring (bicyclic) bond motifs is 1. The van der Waals surface area contributed by atoms with Crippen molar-refractivity contribution in [2.24, 2.45) is 5.92 Å². The van der Waals surface area contributed by atoms with Crippen LogP contribution in [0.15, 0.2) is 48.0 Å². The van der Waals surface area contributed by atoms with Crippen LogP contribution in [0.5, 0.6) is 5.75 Å². The number of likely N-dealkylation sites (tertiary alicyclic amines) is 1. The van der Waals surface area contributed by atoms with Crippen LogP contribution in [0, 0.1) is 12.8 Å². The number of hydrogen-bond acceptors (Lipinski definition) is 3. The Morgan fingerprint density at radius 3 is 2.97 bits per heavy atom. The molecule has 160 valence electrons. The third kappa shape index (κ3) is 2.88. The van der Waals surface area contributed by atoms with Crippen LogP contribution in [0.2, 0.25) is 5.02 Å². The lowest BCUT2D eigenvalue weighted by molar-refractivity contribution is -0.137. The second-order valence-corrected chi connectivity index (χ2v) is 9.91. The number of carbonyl (C=O) groups is 1. The SMILES string of the molecule is Cc1ccccc1CN1C[C@@H]2C[C@@H](C3=Cc4cc(Cl)ccc4OC3)N3CCC[C@@]23C1=O. The molecule has 3 atom stereocenters. The number of aryl methyl sites for hydroxylation is 1. The highest BCUT2D eigenvalue weighted by atomic mass is 35.5. The van der Waals surface area contributed by atoms with E-state index in [-0.39, 0.29) is 11.6 Å². The molecule has 1 amide bonds. The maximum Gasteiger partial charge on any atom is 0.243 e. The lowest BCUT2D eigenvalue weighted by Gasteiger charge is -2.35. The summed E-state index contributed by atoms with van der Waals surface area (Å²) in [6, 6.07) is 14.5. The molecule has 0 saturated carbocycles. The predicted octanol–water partition coefficient (Wildman–Crippen LogP) is 4.69. The van der Waals surface area contributed by atoms with Gasteiger partial charge in [-0.2, -0.15) is 0 Å². The highest BCUT2D eigenvalue weighted by molar-refractivity contribution is 6.30. The maximum absolute atomic E-state index is 13.8. The molecule has 3 saturated heterocycles. The van der Waals surface area contributed by atoms with Gasteiger partial charge in [0.1, 0.15) is 17.9 Å². The van der Waals surface area contributed by atoms with E-state index in [1.165, 1.54) is 16.7 Å². The molecule has 0 aliphatic carbocycles. The zero-order chi connectivity index (χ0) is 21.2. The normalized spacial score (nSPS) is 29.4. The van der Waals surface area contributed by atoms with Crippen molar-refractivity contribution in [3.8, 4) is 5.75 Å². The largest absolute Gasteiger partial charge is 0.489 e. The van der Waals surface area contributed by atoms with E-state index in [0.29, 0.717) is 18.4 Å². The minimum atomic E-state index is -0.317. The van der Waals surface area contributed by atoms with Crippen molar-refractivity contribution in [2.75, 3.05) is 19.7 Å². The van der Waals surface area contributed by atoms with Gasteiger partial charge in [0.05, 0.1) is 0 Å². The van der Waals surface area contributed by atoms with Gasteiger partial charge in [0, 0.05) is 35.6 Å². The second-order valence-electron chi connectivity index (χ2n) is 9.47. The highest BCUT2D eigenvalue weighted by Crippen LogP contribution is 2.53. The average molecular weight is 435 g/mol. The van der Waals surface area contributed by atoms with Crippen LogP contribution in [0.25, 0.3) is 6.08 Å². The second kappa shape index (κ2) is 7.11. The topological polar surface area (TPSA) is 32.8 Å². The van der Waals surface area contributed by atoms with Gasteiger partial charge in [-0.15, -0.1) is 0 Å². The fraction of sp³-hybridized carbons (Fsp3) is 0.423. The zero-order valence-corrected chi connectivity index (χ0v) is 18.6. The Morgan fingerprint density at radius 1 is 1.23 bits per heavy atom. The molecule has 6 rings (SSSR count). The molecular weight excluding hydrogens is 408 g/mol. The van der Waals surface area contributed by atoms with Gasteiger partial charge in [0.2, 0.25) is 5.91 Å². The molecule has 5 heteroatoms. The van der Waals surface area contributed by atoms with E-state index in [0.717, 1.165) is 55.2 Å². The Hall–Kier alpha value is -2.30. The maximum atomic E-state index is 13.8. The molecule has 2 aromatic rings. The predicted molar refractivity (Wildman–Crippen MR) is 122 cm³/mol. The van der Waals surface area contributed by atoms with Crippen LogP contribution in [-0.4, -0.2) is 47.0 Å². The summed E-state index contributed by atoms with van der Waals surface area (Å²) < 4.78 is 6.06. The van der Waals surface area contributed by atoms with Gasteiger partial charge < -0.3 is 9.64 Å². The summed E-state index contributed by atoms with van der Waals surface area (Å²) >= 11 is 6.22. The van der Waals surface area contributed by atoms with Crippen molar-refractivity contribution in [3.05, 3.63) is 69.8 Å². The van der Waals surface area contributed by atoms with Gasteiger partial charge in [-0.3, -0.25) is 9.69 Å². The Morgan fingerprint density at radius 2 is 2.10 bits per heavy atom. The van der Waals surface area contributed by atoms with E-state index in [2.05, 4.69) is 47.1 Å². The molecule has 0 bridgehead atoms. The lowest BCUT2D eigenvalue weighted by atomic mass is 9.85. The first-order valence-corrected chi connectivity index (χ1v) is 11.7. The summed E-state index contributed by atoms with van der Waals surface area (Å²) in [5.41, 5.74) is 4.52. The minimum Gasteiger partial charge on any atom is -0.489 e. The molecule has 1 spiro atoms. The van der Waals surface area contributed by atoms with E-state index in [1.54, 1.807) is 0 Å². The first-order valence-electron chi connectivity index (χ1n) is 11.3. The van der Waals surface area contributed by atoms with E-state index >= 15 is 0 Å². The van der Waals surface area contributed by atoms with Crippen LogP contribution in [-0.2, 0) is 11.3 Å². The molecule has 4 aliphatic heterocycles. The Labute approximate surface area is 188 Å². The van der Waals surface area contributed by atoms with Crippen molar-refractivity contribution in [1.82, 2.24) is 9.80 Å². The molecule has 0 radical (unpaired) electrons. The summed E-state index contributed by atoms with van der Waals surface area (Å²) in [7, 11) is 0. The van der Waals surface area contributed by atoms with Crippen LogP contribution < -0.4 is 4.74 Å². The highest BCUT2D eigenvalue weighted by Gasteiger charge is 2.65. The lowest BCUT2D eigenvalue weighted by Crippen LogP contribution is -2.51. The summed E-state index contributed by atoms with van der Waals surface area (Å²) in [5.74, 6) is 1.61. The van der Waals surface area contributed by atoms with E-state index in [1.807, 2.05) is 18.2 Å². The summed E-state index contributed by atoms with van der Waals surface area (Å²) in [4.78, 5) is 18.4. The van der Waals surface area contributed by atoms with Crippen LogP contribution >= 0.6 is 11.6 Å². The van der Waals surface area contributed by atoms with Crippen molar-refractivity contribution in [3.63, 3.8) is 0 Å². The monoisotopic (exact) mass is 434 g/mol. The van der Waals surface area contributed by atoms with Gasteiger partial charge >= 0.3 is 0 Å². The Kier molecular flexibility index (Phi) is 4.45. The minimum absolute atomic E-state index is 0.282. The molecular formula is C26H27ClN2O2. The van der Waals surface area contributed by atoms with Crippen molar-refractivity contribution in [2.45, 2.75) is 44.3 Å². The van der Waals surface area contributed by atoms with Crippen LogP contribution in [0.1, 0.15) is 36.0 Å². The number of hydrogen-bond donors (Lipinski definition) is 0. The summed E-state index contributed by atoms with van der Waals surface area (Å²) in [6.07, 6.45) is 5.35. The zero-order valence-electron chi connectivity index (χ0n) is 17.8. The van der Waals surface area contributed by atoms with Gasteiger partial charge in [0.15, 0.2) is 0 Å². The van der Waals surface area contributed by atoms with Crippen LogP contribution in [0.3, 0.4) is 0 Å². The fourth-order valence-corrected chi connectivity index (χ4v) is 6.60. The third-order valence-electron chi connectivity index (χ3n) is 7.88. The molecule has 0 N–H and O–H groups in total. The quantitative estimate of drug-likeness (QED) is 0.702. The van der Waals surface area contributed by atoms with Crippen LogP contribution in [0.4, 0.5) is 0 Å². The Balaban J connectivity index is 1.29. The number of halogens is 1. The van der Waals surface area contributed by atoms with Crippen molar-refractivity contribution >= 4 is 23.6 Å². The third-order valence-corrected chi connectivity index (χ3v) is 8.12. The molecule has 0 unspecified atom stereocenters. The number of nitrogens with zero attached hydrogens (tertiary/aromatic N) is 2. The number of carbonyl (C=O) groups excluding carboxylic acids is 1. The molecule has 31 heavy (non-hydrogen) atoms.